The minimum Gasteiger partial charge on any atom is -0.372 e. The maximum atomic E-state index is 11.7. The van der Waals surface area contributed by atoms with Crippen molar-refractivity contribution in [2.24, 2.45) is 23.7 Å². The Bertz CT molecular complexity index is 524. The van der Waals surface area contributed by atoms with Gasteiger partial charge in [-0.2, -0.15) is 0 Å². The minimum atomic E-state index is 0.212. The van der Waals surface area contributed by atoms with E-state index in [4.69, 9.17) is 4.74 Å². The molecule has 0 aromatic rings. The van der Waals surface area contributed by atoms with Crippen LogP contribution in [0.5, 0.6) is 0 Å². The molecule has 4 heteroatoms. The molecule has 5 atom stereocenters. The molecule has 3 saturated carbocycles. The summed E-state index contributed by atoms with van der Waals surface area (Å²) in [5.74, 6) is 3.41. The SMILES string of the molecule is CC(=O)N(C)C1CCC(C)C(C2CC2OC2CN(C3CCC(C)CC3)C2)C1. The fourth-order valence-corrected chi connectivity index (χ4v) is 6.04. The first-order valence-electron chi connectivity index (χ1n) is 11.5. The summed E-state index contributed by atoms with van der Waals surface area (Å²) in [4.78, 5) is 16.4. The van der Waals surface area contributed by atoms with E-state index in [1.54, 1.807) is 6.92 Å². The van der Waals surface area contributed by atoms with Crippen molar-refractivity contribution in [1.29, 1.82) is 0 Å². The topological polar surface area (TPSA) is 32.8 Å². The van der Waals surface area contributed by atoms with Crippen LogP contribution in [0.2, 0.25) is 0 Å². The first kappa shape index (κ1) is 19.7. The van der Waals surface area contributed by atoms with E-state index in [9.17, 15) is 4.79 Å². The van der Waals surface area contributed by atoms with Crippen LogP contribution < -0.4 is 0 Å². The second kappa shape index (κ2) is 8.02. The van der Waals surface area contributed by atoms with Crippen molar-refractivity contribution in [3.63, 3.8) is 0 Å². The highest BCUT2D eigenvalue weighted by atomic mass is 16.5. The Labute approximate surface area is 166 Å². The number of hydrogen-bond acceptors (Lipinski definition) is 3. The molecule has 4 nitrogen and oxygen atoms in total. The summed E-state index contributed by atoms with van der Waals surface area (Å²) < 4.78 is 6.47. The summed E-state index contributed by atoms with van der Waals surface area (Å²) in [5, 5.41) is 0. The van der Waals surface area contributed by atoms with E-state index in [1.165, 1.54) is 51.4 Å². The number of ether oxygens (including phenoxy) is 1. The molecule has 27 heavy (non-hydrogen) atoms. The molecule has 3 aliphatic carbocycles. The van der Waals surface area contributed by atoms with Crippen molar-refractivity contribution < 1.29 is 9.53 Å². The van der Waals surface area contributed by atoms with Gasteiger partial charge in [-0.25, -0.2) is 0 Å². The van der Waals surface area contributed by atoms with Crippen LogP contribution in [0.15, 0.2) is 0 Å². The van der Waals surface area contributed by atoms with Crippen molar-refractivity contribution in [3.05, 3.63) is 0 Å². The van der Waals surface area contributed by atoms with Crippen LogP contribution in [0.4, 0.5) is 0 Å². The number of carbonyl (C=O) groups is 1. The number of amides is 1. The van der Waals surface area contributed by atoms with Crippen LogP contribution in [0.25, 0.3) is 0 Å². The molecule has 154 valence electrons. The fourth-order valence-electron chi connectivity index (χ4n) is 6.04. The molecule has 1 heterocycles. The molecular formula is C23H40N2O2. The van der Waals surface area contributed by atoms with E-state index in [1.807, 2.05) is 11.9 Å². The van der Waals surface area contributed by atoms with Gasteiger partial charge in [0.05, 0.1) is 12.2 Å². The van der Waals surface area contributed by atoms with Gasteiger partial charge in [0.1, 0.15) is 0 Å². The van der Waals surface area contributed by atoms with Gasteiger partial charge in [-0.1, -0.05) is 13.8 Å². The van der Waals surface area contributed by atoms with E-state index >= 15 is 0 Å². The molecule has 1 saturated heterocycles. The lowest BCUT2D eigenvalue weighted by Gasteiger charge is -2.46. The second-order valence-electron chi connectivity index (χ2n) is 10.3. The Kier molecular flexibility index (Phi) is 5.85. The molecule has 0 bridgehead atoms. The molecule has 1 aliphatic heterocycles. The van der Waals surface area contributed by atoms with Gasteiger partial charge in [-0.15, -0.1) is 0 Å². The summed E-state index contributed by atoms with van der Waals surface area (Å²) in [5.41, 5.74) is 0. The zero-order valence-corrected chi connectivity index (χ0v) is 17.9. The molecule has 0 aromatic heterocycles. The molecule has 4 fully saturated rings. The average molecular weight is 377 g/mol. The van der Waals surface area contributed by atoms with E-state index < -0.39 is 0 Å². The van der Waals surface area contributed by atoms with Crippen LogP contribution in [-0.2, 0) is 9.53 Å². The van der Waals surface area contributed by atoms with Gasteiger partial charge in [0, 0.05) is 39.1 Å². The Morgan fingerprint density at radius 2 is 1.67 bits per heavy atom. The summed E-state index contributed by atoms with van der Waals surface area (Å²) in [6.45, 7) is 8.84. The van der Waals surface area contributed by atoms with Crippen molar-refractivity contribution in [3.8, 4) is 0 Å². The Balaban J connectivity index is 1.20. The smallest absolute Gasteiger partial charge is 0.219 e. The molecule has 5 unspecified atom stereocenters. The molecule has 0 N–H and O–H groups in total. The third kappa shape index (κ3) is 4.37. The maximum Gasteiger partial charge on any atom is 0.219 e. The monoisotopic (exact) mass is 376 g/mol. The van der Waals surface area contributed by atoms with Gasteiger partial charge < -0.3 is 9.64 Å². The Morgan fingerprint density at radius 1 is 0.963 bits per heavy atom. The van der Waals surface area contributed by atoms with Crippen molar-refractivity contribution in [1.82, 2.24) is 9.80 Å². The quantitative estimate of drug-likeness (QED) is 0.729. The molecule has 4 rings (SSSR count). The molecule has 1 amide bonds. The average Bonchev–Trinajstić information content (AvgIpc) is 3.37. The molecule has 4 aliphatic rings. The van der Waals surface area contributed by atoms with E-state index in [0.29, 0.717) is 18.2 Å². The first-order chi connectivity index (χ1) is 12.9. The van der Waals surface area contributed by atoms with Gasteiger partial charge >= 0.3 is 0 Å². The molecular weight excluding hydrogens is 336 g/mol. The second-order valence-corrected chi connectivity index (χ2v) is 10.3. The lowest BCUT2D eigenvalue weighted by Crippen LogP contribution is -2.57. The van der Waals surface area contributed by atoms with Gasteiger partial charge in [0.15, 0.2) is 0 Å². The highest BCUT2D eigenvalue weighted by Gasteiger charge is 2.50. The maximum absolute atomic E-state index is 11.7. The number of likely N-dealkylation sites (tertiary alicyclic amines) is 1. The third-order valence-electron chi connectivity index (χ3n) is 8.35. The highest BCUT2D eigenvalue weighted by molar-refractivity contribution is 5.73. The summed E-state index contributed by atoms with van der Waals surface area (Å²) >= 11 is 0. The predicted octanol–water partition coefficient (Wildman–Crippen LogP) is 3.94. The summed E-state index contributed by atoms with van der Waals surface area (Å²) in [6, 6.07) is 1.27. The van der Waals surface area contributed by atoms with E-state index in [0.717, 1.165) is 42.8 Å². The Hall–Kier alpha value is -0.610. The van der Waals surface area contributed by atoms with Gasteiger partial charge in [0.25, 0.3) is 0 Å². The molecule has 0 radical (unpaired) electrons. The zero-order chi connectivity index (χ0) is 19.1. The lowest BCUT2D eigenvalue weighted by molar-refractivity contribution is -0.131. The number of carbonyl (C=O) groups excluding carboxylic acids is 1. The van der Waals surface area contributed by atoms with Crippen molar-refractivity contribution >= 4 is 5.91 Å². The number of nitrogens with zero attached hydrogens (tertiary/aromatic N) is 2. The first-order valence-corrected chi connectivity index (χ1v) is 11.5. The summed E-state index contributed by atoms with van der Waals surface area (Å²) in [6.07, 6.45) is 11.4. The van der Waals surface area contributed by atoms with Crippen LogP contribution in [0.3, 0.4) is 0 Å². The lowest BCUT2D eigenvalue weighted by atomic mass is 9.75. The van der Waals surface area contributed by atoms with Crippen LogP contribution in [0, 0.1) is 23.7 Å². The fraction of sp³-hybridized carbons (Fsp3) is 0.957. The van der Waals surface area contributed by atoms with Crippen LogP contribution in [-0.4, -0.2) is 60.1 Å². The predicted molar refractivity (Wildman–Crippen MR) is 108 cm³/mol. The van der Waals surface area contributed by atoms with Gasteiger partial charge in [-0.3, -0.25) is 9.69 Å². The highest BCUT2D eigenvalue weighted by Crippen LogP contribution is 2.50. The number of rotatable bonds is 5. The standard InChI is InChI=1S/C23H40N2O2/c1-15-5-8-18(9-6-15)25-13-20(14-25)27-23-12-22(23)21-11-19(10-7-16(21)2)24(4)17(3)26/h15-16,18-23H,5-14H2,1-4H3. The summed E-state index contributed by atoms with van der Waals surface area (Å²) in [7, 11) is 1.98. The number of hydrogen-bond donors (Lipinski definition) is 0. The van der Waals surface area contributed by atoms with E-state index in [2.05, 4.69) is 18.7 Å². The van der Waals surface area contributed by atoms with Crippen LogP contribution >= 0.6 is 0 Å². The van der Waals surface area contributed by atoms with Crippen molar-refractivity contribution in [2.45, 2.75) is 96.4 Å². The normalized spacial score (nSPS) is 43.2. The van der Waals surface area contributed by atoms with Gasteiger partial charge in [-0.05, 0) is 75.0 Å². The van der Waals surface area contributed by atoms with E-state index in [-0.39, 0.29) is 5.91 Å². The Morgan fingerprint density at radius 3 is 2.33 bits per heavy atom. The third-order valence-corrected chi connectivity index (χ3v) is 8.35. The van der Waals surface area contributed by atoms with Gasteiger partial charge in [0.2, 0.25) is 5.91 Å². The van der Waals surface area contributed by atoms with Crippen LogP contribution in [0.1, 0.15) is 72.1 Å². The molecule has 0 aromatic carbocycles. The largest absolute Gasteiger partial charge is 0.372 e. The molecule has 0 spiro atoms. The van der Waals surface area contributed by atoms with Crippen molar-refractivity contribution in [2.75, 3.05) is 20.1 Å². The minimum absolute atomic E-state index is 0.212. The zero-order valence-electron chi connectivity index (χ0n) is 17.9.